The van der Waals surface area contributed by atoms with E-state index in [2.05, 4.69) is 20.2 Å². The van der Waals surface area contributed by atoms with Crippen molar-refractivity contribution in [1.29, 1.82) is 0 Å². The number of morpholine rings is 1. The second-order valence-electron chi connectivity index (χ2n) is 8.06. The summed E-state index contributed by atoms with van der Waals surface area (Å²) in [7, 11) is 0. The molecule has 7 heteroatoms. The lowest BCUT2D eigenvalue weighted by Crippen LogP contribution is -2.41. The Morgan fingerprint density at radius 1 is 1.07 bits per heavy atom. The number of rotatable bonds is 5. The molecule has 1 aromatic carbocycles. The molecule has 1 saturated heterocycles. The first-order valence-electron chi connectivity index (χ1n) is 10.9. The number of anilines is 1. The second-order valence-corrected chi connectivity index (χ2v) is 9.15. The predicted molar refractivity (Wildman–Crippen MR) is 119 cm³/mol. The third kappa shape index (κ3) is 4.06. The number of fused-ring (bicyclic) bond motifs is 3. The van der Waals surface area contributed by atoms with E-state index in [1.807, 2.05) is 23.5 Å². The maximum absolute atomic E-state index is 13.5. The van der Waals surface area contributed by atoms with Gasteiger partial charge in [0, 0.05) is 24.5 Å². The van der Waals surface area contributed by atoms with E-state index in [4.69, 9.17) is 4.74 Å². The summed E-state index contributed by atoms with van der Waals surface area (Å²) in [5, 5.41) is 4.84. The fourth-order valence-electron chi connectivity index (χ4n) is 4.63. The number of aryl methyl sites for hydroxylation is 2. The standard InChI is InChI=1S/C23H27FN4OS/c24-17-8-6-16(7-9-17)19(28-10-12-29-13-11-28)14-25-22-21-18-4-2-1-3-5-20(18)30-23(21)27-15-26-22/h6-9,15,19H,1-5,10-14H2,(H,25,26,27)/t19-/m0/s1. The van der Waals surface area contributed by atoms with Crippen LogP contribution in [-0.4, -0.2) is 47.7 Å². The molecule has 30 heavy (non-hydrogen) atoms. The quantitative estimate of drug-likeness (QED) is 0.605. The van der Waals surface area contributed by atoms with Gasteiger partial charge in [-0.3, -0.25) is 4.90 Å². The Hall–Kier alpha value is -2.09. The lowest BCUT2D eigenvalue weighted by molar-refractivity contribution is 0.0187. The number of nitrogens with one attached hydrogen (secondary N) is 1. The Kier molecular flexibility index (Phi) is 5.93. The van der Waals surface area contributed by atoms with Gasteiger partial charge in [-0.2, -0.15) is 0 Å². The molecule has 0 spiro atoms. The molecule has 1 aliphatic heterocycles. The van der Waals surface area contributed by atoms with Gasteiger partial charge in [0.2, 0.25) is 0 Å². The van der Waals surface area contributed by atoms with Crippen molar-refractivity contribution in [2.75, 3.05) is 38.2 Å². The van der Waals surface area contributed by atoms with Crippen molar-refractivity contribution >= 4 is 27.4 Å². The average molecular weight is 427 g/mol. The first-order chi connectivity index (χ1) is 14.8. The number of thiophene rings is 1. The van der Waals surface area contributed by atoms with Crippen molar-refractivity contribution < 1.29 is 9.13 Å². The van der Waals surface area contributed by atoms with Crippen molar-refractivity contribution in [3.05, 3.63) is 52.4 Å². The molecule has 1 atom stereocenters. The molecule has 158 valence electrons. The highest BCUT2D eigenvalue weighted by atomic mass is 32.1. The SMILES string of the molecule is Fc1ccc([C@H](CNc2ncnc3sc4c(c23)CCCCC4)N2CCOCC2)cc1. The van der Waals surface area contributed by atoms with Gasteiger partial charge in [0.05, 0.1) is 24.6 Å². The molecule has 0 unspecified atom stereocenters. The number of hydrogen-bond acceptors (Lipinski definition) is 6. The van der Waals surface area contributed by atoms with Crippen molar-refractivity contribution in [2.45, 2.75) is 38.1 Å². The minimum Gasteiger partial charge on any atom is -0.379 e. The Morgan fingerprint density at radius 3 is 2.70 bits per heavy atom. The summed E-state index contributed by atoms with van der Waals surface area (Å²) in [6.45, 7) is 3.91. The summed E-state index contributed by atoms with van der Waals surface area (Å²) >= 11 is 1.83. The number of benzene rings is 1. The van der Waals surface area contributed by atoms with Gasteiger partial charge in [0.25, 0.3) is 0 Å². The van der Waals surface area contributed by atoms with E-state index in [9.17, 15) is 4.39 Å². The number of hydrogen-bond donors (Lipinski definition) is 1. The monoisotopic (exact) mass is 426 g/mol. The molecule has 0 bridgehead atoms. The number of ether oxygens (including phenoxy) is 1. The number of aromatic nitrogens is 2. The van der Waals surface area contributed by atoms with E-state index in [1.165, 1.54) is 35.1 Å². The topological polar surface area (TPSA) is 50.3 Å². The summed E-state index contributed by atoms with van der Waals surface area (Å²) in [6.07, 6.45) is 7.73. The Morgan fingerprint density at radius 2 is 1.87 bits per heavy atom. The van der Waals surface area contributed by atoms with E-state index in [0.717, 1.165) is 55.4 Å². The van der Waals surface area contributed by atoms with Gasteiger partial charge >= 0.3 is 0 Å². The van der Waals surface area contributed by atoms with Gasteiger partial charge in [-0.05, 0) is 48.9 Å². The largest absolute Gasteiger partial charge is 0.379 e. The van der Waals surface area contributed by atoms with E-state index in [1.54, 1.807) is 18.5 Å². The fourth-order valence-corrected chi connectivity index (χ4v) is 5.86. The van der Waals surface area contributed by atoms with Crippen LogP contribution in [0.4, 0.5) is 10.2 Å². The zero-order chi connectivity index (χ0) is 20.3. The maximum atomic E-state index is 13.5. The van der Waals surface area contributed by atoms with Crippen LogP contribution in [0, 0.1) is 5.82 Å². The van der Waals surface area contributed by atoms with Gasteiger partial charge in [-0.1, -0.05) is 18.6 Å². The zero-order valence-corrected chi connectivity index (χ0v) is 17.9. The molecule has 5 nitrogen and oxygen atoms in total. The highest BCUT2D eigenvalue weighted by molar-refractivity contribution is 7.18. The van der Waals surface area contributed by atoms with Crippen LogP contribution in [0.25, 0.3) is 10.2 Å². The van der Waals surface area contributed by atoms with Crippen LogP contribution in [0.15, 0.2) is 30.6 Å². The van der Waals surface area contributed by atoms with E-state index >= 15 is 0 Å². The molecule has 1 aliphatic carbocycles. The maximum Gasteiger partial charge on any atom is 0.138 e. The van der Waals surface area contributed by atoms with E-state index in [-0.39, 0.29) is 11.9 Å². The molecule has 1 fully saturated rings. The molecule has 0 amide bonds. The summed E-state index contributed by atoms with van der Waals surface area (Å²) < 4.78 is 19.1. The lowest BCUT2D eigenvalue weighted by Gasteiger charge is -2.35. The first-order valence-corrected chi connectivity index (χ1v) is 11.7. The summed E-state index contributed by atoms with van der Waals surface area (Å²) in [4.78, 5) is 14.2. The predicted octanol–water partition coefficient (Wildman–Crippen LogP) is 4.58. The third-order valence-corrected chi connectivity index (χ3v) is 7.41. The summed E-state index contributed by atoms with van der Waals surface area (Å²) in [5.41, 5.74) is 2.56. The molecule has 0 radical (unpaired) electrons. The van der Waals surface area contributed by atoms with Crippen LogP contribution in [0.3, 0.4) is 0 Å². The van der Waals surface area contributed by atoms with Gasteiger partial charge in [-0.25, -0.2) is 14.4 Å². The van der Waals surface area contributed by atoms with Crippen molar-refractivity contribution in [3.63, 3.8) is 0 Å². The average Bonchev–Trinajstić information content (AvgIpc) is 2.98. The third-order valence-electron chi connectivity index (χ3n) is 6.21. The molecule has 0 saturated carbocycles. The van der Waals surface area contributed by atoms with E-state index < -0.39 is 0 Å². The first kappa shape index (κ1) is 19.8. The molecule has 1 N–H and O–H groups in total. The lowest BCUT2D eigenvalue weighted by atomic mass is 10.0. The number of nitrogens with zero attached hydrogens (tertiary/aromatic N) is 3. The minimum absolute atomic E-state index is 0.136. The molecule has 3 aromatic rings. The van der Waals surface area contributed by atoms with Crippen LogP contribution < -0.4 is 5.32 Å². The van der Waals surface area contributed by atoms with Crippen molar-refractivity contribution in [3.8, 4) is 0 Å². The van der Waals surface area contributed by atoms with Gasteiger partial charge in [0.1, 0.15) is 22.8 Å². The Labute approximate surface area is 180 Å². The Balaban J connectivity index is 1.44. The fraction of sp³-hybridized carbons (Fsp3) is 0.478. The minimum atomic E-state index is -0.203. The molecule has 2 aromatic heterocycles. The van der Waals surface area contributed by atoms with Gasteiger partial charge in [0.15, 0.2) is 0 Å². The molecule has 2 aliphatic rings. The van der Waals surface area contributed by atoms with Crippen molar-refractivity contribution in [2.24, 2.45) is 0 Å². The smallest absolute Gasteiger partial charge is 0.138 e. The second kappa shape index (κ2) is 8.96. The Bertz CT molecular complexity index is 1000. The molecular weight excluding hydrogens is 399 g/mol. The molecular formula is C23H27FN4OS. The normalized spacial score (nSPS) is 18.7. The van der Waals surface area contributed by atoms with Crippen LogP contribution in [0.1, 0.15) is 41.3 Å². The van der Waals surface area contributed by atoms with Crippen molar-refractivity contribution in [1.82, 2.24) is 14.9 Å². The highest BCUT2D eigenvalue weighted by Crippen LogP contribution is 2.37. The van der Waals surface area contributed by atoms with Gasteiger partial charge < -0.3 is 10.1 Å². The molecule has 3 heterocycles. The highest BCUT2D eigenvalue weighted by Gasteiger charge is 2.24. The van der Waals surface area contributed by atoms with Crippen LogP contribution in [0.2, 0.25) is 0 Å². The van der Waals surface area contributed by atoms with Gasteiger partial charge in [-0.15, -0.1) is 11.3 Å². The van der Waals surface area contributed by atoms with Crippen LogP contribution in [-0.2, 0) is 17.6 Å². The summed E-state index contributed by atoms with van der Waals surface area (Å²) in [6, 6.07) is 7.01. The molecule has 5 rings (SSSR count). The zero-order valence-electron chi connectivity index (χ0n) is 17.1. The van der Waals surface area contributed by atoms with Crippen LogP contribution in [0.5, 0.6) is 0 Å². The number of halogens is 1. The van der Waals surface area contributed by atoms with E-state index in [0.29, 0.717) is 6.54 Å². The van der Waals surface area contributed by atoms with Crippen LogP contribution >= 0.6 is 11.3 Å². The summed E-state index contributed by atoms with van der Waals surface area (Å²) in [5.74, 6) is 0.727.